The van der Waals surface area contributed by atoms with Crippen LogP contribution in [0.5, 0.6) is 0 Å². The molecule has 0 radical (unpaired) electrons. The van der Waals surface area contributed by atoms with Gasteiger partial charge in [0.05, 0.1) is 0 Å². The third kappa shape index (κ3) is 4.81. The number of para-hydroxylation sites is 1. The standard InChI is InChI=1S/C20H22FN3O2/c21-17-6-4-5-16(15-17)9-10-19(25)23-11-13-24(14-12-23)20(26)22-18-7-2-1-3-8-18/h1-8,15H,9-14H2,(H,22,26). The van der Waals surface area contributed by atoms with E-state index in [0.717, 1.165) is 11.3 Å². The molecule has 3 rings (SSSR count). The summed E-state index contributed by atoms with van der Waals surface area (Å²) in [4.78, 5) is 28.1. The van der Waals surface area contributed by atoms with Crippen LogP contribution in [-0.4, -0.2) is 47.9 Å². The average Bonchev–Trinajstić information content (AvgIpc) is 2.67. The summed E-state index contributed by atoms with van der Waals surface area (Å²) in [5.41, 5.74) is 1.57. The molecule has 1 fully saturated rings. The molecule has 0 atom stereocenters. The van der Waals surface area contributed by atoms with Crippen LogP contribution < -0.4 is 5.32 Å². The first-order chi connectivity index (χ1) is 12.6. The van der Waals surface area contributed by atoms with Crippen LogP contribution in [0.2, 0.25) is 0 Å². The summed E-state index contributed by atoms with van der Waals surface area (Å²) in [7, 11) is 0. The van der Waals surface area contributed by atoms with E-state index in [1.165, 1.54) is 12.1 Å². The van der Waals surface area contributed by atoms with E-state index in [2.05, 4.69) is 5.32 Å². The summed E-state index contributed by atoms with van der Waals surface area (Å²) in [5.74, 6) is -0.245. The summed E-state index contributed by atoms with van der Waals surface area (Å²) in [5, 5.41) is 2.86. The van der Waals surface area contributed by atoms with Crippen molar-refractivity contribution in [2.75, 3.05) is 31.5 Å². The van der Waals surface area contributed by atoms with E-state index in [4.69, 9.17) is 0 Å². The number of nitrogens with zero attached hydrogens (tertiary/aromatic N) is 2. The van der Waals surface area contributed by atoms with Gasteiger partial charge in [0.2, 0.25) is 5.91 Å². The second-order valence-electron chi connectivity index (χ2n) is 6.29. The van der Waals surface area contributed by atoms with Crippen molar-refractivity contribution < 1.29 is 14.0 Å². The number of amides is 3. The van der Waals surface area contributed by atoms with Crippen LogP contribution in [0.3, 0.4) is 0 Å². The lowest BCUT2D eigenvalue weighted by molar-refractivity contribution is -0.132. The van der Waals surface area contributed by atoms with Crippen molar-refractivity contribution in [3.63, 3.8) is 0 Å². The molecule has 5 nitrogen and oxygen atoms in total. The fourth-order valence-corrected chi connectivity index (χ4v) is 2.98. The van der Waals surface area contributed by atoms with E-state index in [1.807, 2.05) is 36.4 Å². The van der Waals surface area contributed by atoms with Crippen LogP contribution in [0, 0.1) is 5.82 Å². The predicted molar refractivity (Wildman–Crippen MR) is 98.3 cm³/mol. The monoisotopic (exact) mass is 355 g/mol. The molecule has 1 N–H and O–H groups in total. The molecule has 1 aliphatic heterocycles. The number of carbonyl (C=O) groups excluding carboxylic acids is 2. The molecule has 26 heavy (non-hydrogen) atoms. The number of rotatable bonds is 4. The number of anilines is 1. The normalized spacial score (nSPS) is 14.2. The Bertz CT molecular complexity index is 759. The van der Waals surface area contributed by atoms with E-state index in [-0.39, 0.29) is 17.8 Å². The number of benzene rings is 2. The van der Waals surface area contributed by atoms with Crippen LogP contribution >= 0.6 is 0 Å². The Kier molecular flexibility index (Phi) is 5.84. The molecule has 0 aliphatic carbocycles. The van der Waals surface area contributed by atoms with Gasteiger partial charge in [0.15, 0.2) is 0 Å². The first kappa shape index (κ1) is 17.9. The summed E-state index contributed by atoms with van der Waals surface area (Å²) in [6, 6.07) is 15.5. The van der Waals surface area contributed by atoms with Gasteiger partial charge in [-0.15, -0.1) is 0 Å². The number of hydrogen-bond donors (Lipinski definition) is 1. The highest BCUT2D eigenvalue weighted by Gasteiger charge is 2.23. The van der Waals surface area contributed by atoms with E-state index in [0.29, 0.717) is 39.0 Å². The van der Waals surface area contributed by atoms with E-state index < -0.39 is 0 Å². The van der Waals surface area contributed by atoms with E-state index >= 15 is 0 Å². The van der Waals surface area contributed by atoms with Crippen molar-refractivity contribution in [1.82, 2.24) is 9.80 Å². The van der Waals surface area contributed by atoms with Crippen LogP contribution in [0.15, 0.2) is 54.6 Å². The summed E-state index contributed by atoms with van der Waals surface area (Å²) >= 11 is 0. The first-order valence-corrected chi connectivity index (χ1v) is 8.75. The Labute approximate surface area is 152 Å². The van der Waals surface area contributed by atoms with Crippen LogP contribution in [0.1, 0.15) is 12.0 Å². The molecule has 136 valence electrons. The van der Waals surface area contributed by atoms with Gasteiger partial charge in [-0.05, 0) is 36.2 Å². The minimum atomic E-state index is -0.284. The number of piperazine rings is 1. The van der Waals surface area contributed by atoms with Gasteiger partial charge in [0.25, 0.3) is 0 Å². The summed E-state index contributed by atoms with van der Waals surface area (Å²) in [6.07, 6.45) is 0.866. The maximum absolute atomic E-state index is 13.2. The number of hydrogen-bond acceptors (Lipinski definition) is 2. The zero-order valence-electron chi connectivity index (χ0n) is 14.5. The highest BCUT2D eigenvalue weighted by Crippen LogP contribution is 2.11. The SMILES string of the molecule is O=C(CCc1cccc(F)c1)N1CCN(C(=O)Nc2ccccc2)CC1. The number of urea groups is 1. The van der Waals surface area contributed by atoms with Crippen molar-refractivity contribution >= 4 is 17.6 Å². The second-order valence-corrected chi connectivity index (χ2v) is 6.29. The van der Waals surface area contributed by atoms with Crippen LogP contribution in [0.4, 0.5) is 14.9 Å². The van der Waals surface area contributed by atoms with Crippen molar-refractivity contribution in [2.45, 2.75) is 12.8 Å². The third-order valence-corrected chi connectivity index (χ3v) is 4.46. The summed E-state index contributed by atoms with van der Waals surface area (Å²) < 4.78 is 13.2. The zero-order valence-corrected chi connectivity index (χ0v) is 14.5. The fraction of sp³-hybridized carbons (Fsp3) is 0.300. The number of halogens is 1. The van der Waals surface area contributed by atoms with E-state index in [1.54, 1.807) is 15.9 Å². The lowest BCUT2D eigenvalue weighted by Crippen LogP contribution is -2.51. The first-order valence-electron chi connectivity index (χ1n) is 8.75. The molecule has 6 heteroatoms. The molecular weight excluding hydrogens is 333 g/mol. The van der Waals surface area contributed by atoms with Crippen LogP contribution in [0.25, 0.3) is 0 Å². The van der Waals surface area contributed by atoms with Crippen molar-refractivity contribution in [1.29, 1.82) is 0 Å². The summed E-state index contributed by atoms with van der Waals surface area (Å²) in [6.45, 7) is 2.04. The molecule has 0 aromatic heterocycles. The largest absolute Gasteiger partial charge is 0.339 e. The smallest absolute Gasteiger partial charge is 0.321 e. The molecule has 0 unspecified atom stereocenters. The fourth-order valence-electron chi connectivity index (χ4n) is 2.98. The van der Waals surface area contributed by atoms with Gasteiger partial charge in [-0.3, -0.25) is 4.79 Å². The van der Waals surface area contributed by atoms with Gasteiger partial charge in [0.1, 0.15) is 5.82 Å². The molecule has 1 heterocycles. The van der Waals surface area contributed by atoms with Gasteiger partial charge >= 0.3 is 6.03 Å². The maximum Gasteiger partial charge on any atom is 0.321 e. The van der Waals surface area contributed by atoms with Gasteiger partial charge < -0.3 is 15.1 Å². The Morgan fingerprint density at radius 1 is 0.923 bits per heavy atom. The van der Waals surface area contributed by atoms with E-state index in [9.17, 15) is 14.0 Å². The Morgan fingerprint density at radius 2 is 1.62 bits per heavy atom. The Balaban J connectivity index is 1.44. The van der Waals surface area contributed by atoms with Crippen LogP contribution in [-0.2, 0) is 11.2 Å². The Morgan fingerprint density at radius 3 is 2.31 bits per heavy atom. The predicted octanol–water partition coefficient (Wildman–Crippen LogP) is 3.13. The van der Waals surface area contributed by atoms with Gasteiger partial charge in [0, 0.05) is 38.3 Å². The third-order valence-electron chi connectivity index (χ3n) is 4.46. The molecule has 3 amide bonds. The molecule has 2 aromatic carbocycles. The number of nitrogens with one attached hydrogen (secondary N) is 1. The molecular formula is C20H22FN3O2. The quantitative estimate of drug-likeness (QED) is 0.916. The van der Waals surface area contributed by atoms with Gasteiger partial charge in [-0.2, -0.15) is 0 Å². The average molecular weight is 355 g/mol. The Hall–Kier alpha value is -2.89. The van der Waals surface area contributed by atoms with Gasteiger partial charge in [-0.25, -0.2) is 9.18 Å². The van der Waals surface area contributed by atoms with Crippen molar-refractivity contribution in [3.05, 3.63) is 66.0 Å². The lowest BCUT2D eigenvalue weighted by atomic mass is 10.1. The highest BCUT2D eigenvalue weighted by molar-refractivity contribution is 5.89. The van der Waals surface area contributed by atoms with Crippen molar-refractivity contribution in [2.24, 2.45) is 0 Å². The molecule has 1 saturated heterocycles. The minimum absolute atomic E-state index is 0.0392. The molecule has 0 spiro atoms. The molecule has 0 bridgehead atoms. The maximum atomic E-state index is 13.2. The number of aryl methyl sites for hydroxylation is 1. The topological polar surface area (TPSA) is 52.7 Å². The lowest BCUT2D eigenvalue weighted by Gasteiger charge is -2.34. The van der Waals surface area contributed by atoms with Crippen molar-refractivity contribution in [3.8, 4) is 0 Å². The second kappa shape index (κ2) is 8.47. The molecule has 1 aliphatic rings. The van der Waals surface area contributed by atoms with Gasteiger partial charge in [-0.1, -0.05) is 30.3 Å². The highest BCUT2D eigenvalue weighted by atomic mass is 19.1. The minimum Gasteiger partial charge on any atom is -0.339 e. The zero-order chi connectivity index (χ0) is 18.4. The molecule has 0 saturated carbocycles. The number of carbonyl (C=O) groups is 2. The molecule has 2 aromatic rings.